The number of nitrogens with one attached hydrogen (secondary N) is 1. The van der Waals surface area contributed by atoms with Gasteiger partial charge in [-0.2, -0.15) is 0 Å². The summed E-state index contributed by atoms with van der Waals surface area (Å²) in [5, 5.41) is 24.4. The minimum atomic E-state index is -0.726. The van der Waals surface area contributed by atoms with Gasteiger partial charge in [-0.3, -0.25) is 10.1 Å². The van der Waals surface area contributed by atoms with Crippen LogP contribution in [0.4, 0.5) is 17.1 Å². The fraction of sp³-hybridized carbons (Fsp3) is 0.571. The quantitative estimate of drug-likeness (QED) is 0.340. The predicted octanol–water partition coefficient (Wildman–Crippen LogP) is 2.67. The number of benzene rings is 1. The van der Waals surface area contributed by atoms with E-state index >= 15 is 0 Å². The van der Waals surface area contributed by atoms with E-state index in [-0.39, 0.29) is 5.69 Å². The number of non-ortho nitro benzene ring substituents is 1. The summed E-state index contributed by atoms with van der Waals surface area (Å²) in [6.45, 7) is 0.396. The van der Waals surface area contributed by atoms with E-state index in [1.54, 1.807) is 6.07 Å². The highest BCUT2D eigenvalue weighted by molar-refractivity contribution is 5.61. The molecule has 1 fully saturated rings. The molecular weight excluding hydrogens is 258 g/mol. The monoisotopic (exact) mass is 279 g/mol. The van der Waals surface area contributed by atoms with Crippen LogP contribution in [0.5, 0.6) is 0 Å². The molecule has 4 N–H and O–H groups in total. The van der Waals surface area contributed by atoms with Crippen LogP contribution in [0.3, 0.4) is 0 Å². The third-order valence-electron chi connectivity index (χ3n) is 3.81. The van der Waals surface area contributed by atoms with Crippen LogP contribution < -0.4 is 11.1 Å². The van der Waals surface area contributed by atoms with Gasteiger partial charge in [0.2, 0.25) is 0 Å². The van der Waals surface area contributed by atoms with Gasteiger partial charge in [0, 0.05) is 30.1 Å². The average molecular weight is 279 g/mol. The Morgan fingerprint density at radius 1 is 1.25 bits per heavy atom. The van der Waals surface area contributed by atoms with Crippen molar-refractivity contribution >= 4 is 17.1 Å². The summed E-state index contributed by atoms with van der Waals surface area (Å²) in [5.74, 6) is 0. The Morgan fingerprint density at radius 3 is 2.50 bits per heavy atom. The number of nitrogens with two attached hydrogens (primary N) is 1. The molecule has 0 radical (unpaired) electrons. The van der Waals surface area contributed by atoms with Gasteiger partial charge in [0.25, 0.3) is 5.69 Å². The number of nitrogens with zero attached hydrogens (tertiary/aromatic N) is 1. The molecule has 0 heterocycles. The Labute approximate surface area is 118 Å². The van der Waals surface area contributed by atoms with E-state index in [4.69, 9.17) is 5.73 Å². The van der Waals surface area contributed by atoms with Gasteiger partial charge in [0.05, 0.1) is 10.5 Å². The van der Waals surface area contributed by atoms with Crippen molar-refractivity contribution in [2.24, 2.45) is 0 Å². The number of anilines is 2. The maximum atomic E-state index is 10.8. The summed E-state index contributed by atoms with van der Waals surface area (Å²) in [5.41, 5.74) is 5.81. The molecule has 6 nitrogen and oxygen atoms in total. The van der Waals surface area contributed by atoms with Gasteiger partial charge in [0.1, 0.15) is 0 Å². The average Bonchev–Trinajstić information content (AvgIpc) is 2.61. The number of nitrogen functional groups attached to an aromatic ring is 1. The highest BCUT2D eigenvalue weighted by Gasteiger charge is 2.27. The zero-order valence-electron chi connectivity index (χ0n) is 11.5. The second-order valence-corrected chi connectivity index (χ2v) is 5.56. The first-order valence-corrected chi connectivity index (χ1v) is 7.00. The van der Waals surface area contributed by atoms with Crippen LogP contribution in [0, 0.1) is 10.1 Å². The molecule has 0 spiro atoms. The first-order chi connectivity index (χ1) is 9.48. The number of nitro groups is 1. The summed E-state index contributed by atoms with van der Waals surface area (Å²) in [6, 6.07) is 4.41. The molecule has 0 aliphatic heterocycles. The molecule has 1 aromatic rings. The zero-order valence-corrected chi connectivity index (χ0v) is 11.5. The minimum Gasteiger partial charge on any atom is -0.398 e. The minimum absolute atomic E-state index is 0.0413. The van der Waals surface area contributed by atoms with Gasteiger partial charge in [-0.1, -0.05) is 25.7 Å². The fourth-order valence-electron chi connectivity index (χ4n) is 2.67. The van der Waals surface area contributed by atoms with E-state index < -0.39 is 10.5 Å². The lowest BCUT2D eigenvalue weighted by Crippen LogP contribution is -2.36. The van der Waals surface area contributed by atoms with E-state index in [1.165, 1.54) is 12.1 Å². The van der Waals surface area contributed by atoms with E-state index in [0.717, 1.165) is 38.5 Å². The van der Waals surface area contributed by atoms with Gasteiger partial charge in [-0.05, 0) is 18.9 Å². The summed E-state index contributed by atoms with van der Waals surface area (Å²) >= 11 is 0. The standard InChI is InChI=1S/C14H21N3O3/c15-11-7-12(9-13(8-11)17(19)20)16-10-14(18)5-3-1-2-4-6-14/h7-9,16,18H,1-6,10,15H2. The van der Waals surface area contributed by atoms with Crippen molar-refractivity contribution in [2.75, 3.05) is 17.6 Å². The van der Waals surface area contributed by atoms with Gasteiger partial charge < -0.3 is 16.2 Å². The van der Waals surface area contributed by atoms with Crippen LogP contribution in [-0.2, 0) is 0 Å². The lowest BCUT2D eigenvalue weighted by Gasteiger charge is -2.27. The Bertz CT molecular complexity index is 483. The lowest BCUT2D eigenvalue weighted by molar-refractivity contribution is -0.384. The van der Waals surface area contributed by atoms with Gasteiger partial charge in [-0.15, -0.1) is 0 Å². The number of nitro benzene ring substituents is 1. The van der Waals surface area contributed by atoms with Crippen molar-refractivity contribution in [1.82, 2.24) is 0 Å². The number of rotatable bonds is 4. The molecule has 110 valence electrons. The molecule has 0 atom stereocenters. The molecule has 2 rings (SSSR count). The molecule has 0 aromatic heterocycles. The maximum absolute atomic E-state index is 10.8. The molecule has 0 saturated heterocycles. The molecule has 20 heavy (non-hydrogen) atoms. The van der Waals surface area contributed by atoms with E-state index in [1.807, 2.05) is 0 Å². The molecule has 1 aromatic carbocycles. The van der Waals surface area contributed by atoms with Crippen LogP contribution in [0.2, 0.25) is 0 Å². The van der Waals surface area contributed by atoms with Crippen LogP contribution in [0.15, 0.2) is 18.2 Å². The molecular formula is C14H21N3O3. The first-order valence-electron chi connectivity index (χ1n) is 7.00. The Balaban J connectivity index is 2.04. The third-order valence-corrected chi connectivity index (χ3v) is 3.81. The van der Waals surface area contributed by atoms with E-state index in [2.05, 4.69) is 5.32 Å². The van der Waals surface area contributed by atoms with Crippen molar-refractivity contribution in [1.29, 1.82) is 0 Å². The highest BCUT2D eigenvalue weighted by Crippen LogP contribution is 2.28. The van der Waals surface area contributed by atoms with Crippen molar-refractivity contribution in [3.05, 3.63) is 28.3 Å². The molecule has 1 aliphatic rings. The van der Waals surface area contributed by atoms with Crippen LogP contribution >= 0.6 is 0 Å². The largest absolute Gasteiger partial charge is 0.398 e. The Hall–Kier alpha value is -1.82. The fourth-order valence-corrected chi connectivity index (χ4v) is 2.67. The van der Waals surface area contributed by atoms with Gasteiger partial charge in [-0.25, -0.2) is 0 Å². The second-order valence-electron chi connectivity index (χ2n) is 5.56. The zero-order chi connectivity index (χ0) is 14.6. The Kier molecular flexibility index (Phi) is 4.44. The SMILES string of the molecule is Nc1cc(NCC2(O)CCCCCC2)cc([N+](=O)[O-])c1. The summed E-state index contributed by atoms with van der Waals surface area (Å²) in [4.78, 5) is 10.3. The van der Waals surface area contributed by atoms with Crippen molar-refractivity contribution in [3.8, 4) is 0 Å². The maximum Gasteiger partial charge on any atom is 0.273 e. The van der Waals surface area contributed by atoms with Crippen molar-refractivity contribution < 1.29 is 10.0 Å². The molecule has 1 saturated carbocycles. The highest BCUT2D eigenvalue weighted by atomic mass is 16.6. The molecule has 0 bridgehead atoms. The van der Waals surface area contributed by atoms with E-state index in [9.17, 15) is 15.2 Å². The smallest absolute Gasteiger partial charge is 0.273 e. The summed E-state index contributed by atoms with van der Waals surface area (Å²) < 4.78 is 0. The number of hydrogen-bond acceptors (Lipinski definition) is 5. The van der Waals surface area contributed by atoms with Crippen molar-refractivity contribution in [3.63, 3.8) is 0 Å². The molecule has 6 heteroatoms. The lowest BCUT2D eigenvalue weighted by atomic mass is 9.94. The number of hydrogen-bond donors (Lipinski definition) is 3. The second kappa shape index (κ2) is 6.09. The predicted molar refractivity (Wildman–Crippen MR) is 78.7 cm³/mol. The Morgan fingerprint density at radius 2 is 1.90 bits per heavy atom. The van der Waals surface area contributed by atoms with Gasteiger partial charge >= 0.3 is 0 Å². The summed E-state index contributed by atoms with van der Waals surface area (Å²) in [6.07, 6.45) is 5.90. The molecule has 1 aliphatic carbocycles. The molecule has 0 unspecified atom stereocenters. The van der Waals surface area contributed by atoms with Gasteiger partial charge in [0.15, 0.2) is 0 Å². The number of aliphatic hydroxyl groups is 1. The van der Waals surface area contributed by atoms with E-state index in [0.29, 0.717) is 17.9 Å². The van der Waals surface area contributed by atoms with Crippen molar-refractivity contribution in [2.45, 2.75) is 44.1 Å². The van der Waals surface area contributed by atoms with Crippen LogP contribution in [-0.4, -0.2) is 22.2 Å². The van der Waals surface area contributed by atoms with Crippen LogP contribution in [0.1, 0.15) is 38.5 Å². The van der Waals surface area contributed by atoms with Crippen LogP contribution in [0.25, 0.3) is 0 Å². The summed E-state index contributed by atoms with van der Waals surface area (Å²) in [7, 11) is 0. The third kappa shape index (κ3) is 3.84. The topological polar surface area (TPSA) is 101 Å². The molecule has 0 amide bonds. The normalized spacial score (nSPS) is 18.2. The first kappa shape index (κ1) is 14.6.